The maximum Gasteiger partial charge on any atom is 0.317 e. The van der Waals surface area contributed by atoms with E-state index in [1.165, 1.54) is 52.5 Å². The van der Waals surface area contributed by atoms with E-state index in [9.17, 15) is 0 Å². The molecule has 102 valence electrons. The molecule has 0 N–H and O–H groups in total. The largest absolute Gasteiger partial charge is 0.317 e. The third kappa shape index (κ3) is 2.08. The van der Waals surface area contributed by atoms with Gasteiger partial charge in [0.2, 0.25) is 0 Å². The van der Waals surface area contributed by atoms with Crippen molar-refractivity contribution in [2.45, 2.75) is 19.3 Å². The molecule has 0 unspecified atom stereocenters. The zero-order valence-corrected chi connectivity index (χ0v) is 12.6. The first kappa shape index (κ1) is 13.0. The molecule has 2 aromatic carbocycles. The first-order chi connectivity index (χ1) is 10.4. The van der Waals surface area contributed by atoms with Crippen molar-refractivity contribution in [2.24, 2.45) is 0 Å². The molecule has 0 aromatic heterocycles. The van der Waals surface area contributed by atoms with Crippen LogP contribution in [-0.4, -0.2) is 6.13 Å². The highest BCUT2D eigenvalue weighted by Gasteiger charge is 2.38. The Hall–Kier alpha value is -1.73. The topological polar surface area (TPSA) is 0 Å². The van der Waals surface area contributed by atoms with E-state index in [2.05, 4.69) is 60.7 Å². The van der Waals surface area contributed by atoms with Gasteiger partial charge in [-0.05, 0) is 52.5 Å². The molecule has 0 radical (unpaired) electrons. The molecule has 1 aliphatic heterocycles. The molecule has 1 aliphatic carbocycles. The molecule has 0 amide bonds. The summed E-state index contributed by atoms with van der Waals surface area (Å²) in [5.74, 6) is 0. The van der Waals surface area contributed by atoms with Gasteiger partial charge in [-0.2, -0.15) is 11.5 Å². The lowest BCUT2D eigenvalue weighted by Gasteiger charge is -2.12. The van der Waals surface area contributed by atoms with Crippen LogP contribution in [0.1, 0.15) is 30.4 Å². The van der Waals surface area contributed by atoms with Crippen molar-refractivity contribution in [3.63, 3.8) is 0 Å². The number of fused-ring (bicyclic) bond motifs is 1. The molecule has 0 atom stereocenters. The fourth-order valence-electron chi connectivity index (χ4n) is 3.66. The van der Waals surface area contributed by atoms with E-state index in [1.54, 1.807) is 0 Å². The maximum absolute atomic E-state index is 6.90. The van der Waals surface area contributed by atoms with Gasteiger partial charge in [0.25, 0.3) is 0 Å². The first-order valence-electron chi connectivity index (χ1n) is 7.57. The molecule has 0 spiro atoms. The Morgan fingerprint density at radius 1 is 0.667 bits per heavy atom. The van der Waals surface area contributed by atoms with Gasteiger partial charge in [-0.15, -0.1) is 0 Å². The maximum atomic E-state index is 6.90. The van der Waals surface area contributed by atoms with Crippen LogP contribution >= 0.6 is 11.5 Å². The van der Waals surface area contributed by atoms with E-state index in [4.69, 9.17) is 11.5 Å². The van der Waals surface area contributed by atoms with Crippen molar-refractivity contribution < 1.29 is 0 Å². The van der Waals surface area contributed by atoms with Crippen molar-refractivity contribution in [1.82, 2.24) is 0 Å². The van der Waals surface area contributed by atoms with Crippen LogP contribution in [-0.2, 0) is 0 Å². The summed E-state index contributed by atoms with van der Waals surface area (Å²) in [5.41, 5.74) is 8.23. The van der Waals surface area contributed by atoms with Crippen LogP contribution in [0.4, 0.5) is 0 Å². The minimum absolute atomic E-state index is 0.0138. The van der Waals surface area contributed by atoms with Crippen molar-refractivity contribution in [1.29, 1.82) is 0 Å². The van der Waals surface area contributed by atoms with Crippen LogP contribution in [0.5, 0.6) is 0 Å². The van der Waals surface area contributed by atoms with E-state index in [1.807, 2.05) is 0 Å². The van der Waals surface area contributed by atoms with E-state index in [0.717, 1.165) is 0 Å². The van der Waals surface area contributed by atoms with Crippen LogP contribution in [0.3, 0.4) is 0 Å². The molecule has 0 bridgehead atoms. The van der Waals surface area contributed by atoms with Crippen molar-refractivity contribution >= 4 is 28.5 Å². The number of benzene rings is 2. The summed E-state index contributed by atoms with van der Waals surface area (Å²) >= 11 is 6.90. The third-order valence-corrected chi connectivity index (χ3v) is 4.98. The second-order valence-electron chi connectivity index (χ2n) is 5.73. The van der Waals surface area contributed by atoms with Crippen LogP contribution in [0.2, 0.25) is 0 Å². The highest BCUT2D eigenvalue weighted by Crippen LogP contribution is 2.50. The van der Waals surface area contributed by atoms with E-state index < -0.39 is 0 Å². The van der Waals surface area contributed by atoms with Gasteiger partial charge in [0.05, 0.1) is 0 Å². The molecular weight excluding hydrogens is 274 g/mol. The number of hydrogen-bond acceptors (Lipinski definition) is 0. The molecule has 0 nitrogen and oxygen atoms in total. The predicted octanol–water partition coefficient (Wildman–Crippen LogP) is 5.40. The Balaban J connectivity index is 1.86. The Morgan fingerprint density at radius 3 is 1.52 bits per heavy atom. The van der Waals surface area contributed by atoms with Gasteiger partial charge in [-0.3, -0.25) is 0 Å². The molecule has 2 aromatic rings. The normalized spacial score (nSPS) is 17.7. The van der Waals surface area contributed by atoms with E-state index in [-0.39, 0.29) is 6.13 Å². The van der Waals surface area contributed by atoms with Gasteiger partial charge in [-0.25, -0.2) is 0 Å². The van der Waals surface area contributed by atoms with Gasteiger partial charge in [-0.1, -0.05) is 60.7 Å². The molecule has 2 heteroatoms. The predicted molar refractivity (Wildman–Crippen MR) is 92.2 cm³/mol. The summed E-state index contributed by atoms with van der Waals surface area (Å²) in [6.45, 7) is 0. The van der Waals surface area contributed by atoms with E-state index in [0.29, 0.717) is 0 Å². The Kier molecular flexibility index (Phi) is 3.23. The van der Waals surface area contributed by atoms with Crippen LogP contribution in [0, 0.1) is 0 Å². The van der Waals surface area contributed by atoms with Crippen molar-refractivity contribution in [3.8, 4) is 0 Å². The molecule has 0 saturated heterocycles. The summed E-state index contributed by atoms with van der Waals surface area (Å²) in [5, 5.41) is 0. The average molecular weight is 291 g/mol. The lowest BCUT2D eigenvalue weighted by Crippen LogP contribution is -2.09. The fourth-order valence-corrected chi connectivity index (χ4v) is 4.18. The molecule has 1 saturated carbocycles. The van der Waals surface area contributed by atoms with Crippen LogP contribution < -0.4 is 0 Å². The Morgan fingerprint density at radius 2 is 1.10 bits per heavy atom. The SMILES string of the molecule is ClB1C(c2ccccc2)=C2CCCC2=C1c1ccccc1. The van der Waals surface area contributed by atoms with Crippen LogP contribution in [0.15, 0.2) is 71.8 Å². The van der Waals surface area contributed by atoms with Crippen LogP contribution in [0.25, 0.3) is 10.9 Å². The zero-order valence-electron chi connectivity index (χ0n) is 11.9. The van der Waals surface area contributed by atoms with E-state index >= 15 is 0 Å². The van der Waals surface area contributed by atoms with Gasteiger partial charge >= 0.3 is 6.13 Å². The smallest absolute Gasteiger partial charge is 0.182 e. The number of rotatable bonds is 2. The Bertz CT molecular complexity index is 665. The molecule has 21 heavy (non-hydrogen) atoms. The molecule has 4 rings (SSSR count). The minimum Gasteiger partial charge on any atom is -0.182 e. The third-order valence-electron chi connectivity index (χ3n) is 4.54. The monoisotopic (exact) mass is 290 g/mol. The summed E-state index contributed by atoms with van der Waals surface area (Å²) in [4.78, 5) is 0. The van der Waals surface area contributed by atoms with Gasteiger partial charge < -0.3 is 0 Å². The molecule has 1 fully saturated rings. The summed E-state index contributed by atoms with van der Waals surface area (Å²) in [6.07, 6.45) is 3.57. The van der Waals surface area contributed by atoms with Gasteiger partial charge in [0.1, 0.15) is 0 Å². The number of allylic oxidation sites excluding steroid dienone is 2. The number of hydrogen-bond donors (Lipinski definition) is 0. The zero-order chi connectivity index (χ0) is 14.2. The average Bonchev–Trinajstić information content (AvgIpc) is 3.08. The lowest BCUT2D eigenvalue weighted by atomic mass is 9.59. The molecule has 2 aliphatic rings. The first-order valence-corrected chi connectivity index (χ1v) is 8.01. The highest BCUT2D eigenvalue weighted by atomic mass is 35.5. The van der Waals surface area contributed by atoms with Gasteiger partial charge in [0, 0.05) is 0 Å². The summed E-state index contributed by atoms with van der Waals surface area (Å²) in [7, 11) is 0. The highest BCUT2D eigenvalue weighted by molar-refractivity contribution is 7.27. The van der Waals surface area contributed by atoms with Gasteiger partial charge in [0.15, 0.2) is 0 Å². The van der Waals surface area contributed by atoms with Crippen molar-refractivity contribution in [3.05, 3.63) is 82.9 Å². The summed E-state index contributed by atoms with van der Waals surface area (Å²) in [6, 6.07) is 21.3. The second kappa shape index (κ2) is 5.24. The fraction of sp³-hybridized carbons (Fsp3) is 0.158. The quantitative estimate of drug-likeness (QED) is 0.650. The lowest BCUT2D eigenvalue weighted by molar-refractivity contribution is 0.933. The second-order valence-corrected chi connectivity index (χ2v) is 6.17. The molecular formula is C19H16BCl. The van der Waals surface area contributed by atoms with Crippen molar-refractivity contribution in [2.75, 3.05) is 0 Å². The summed E-state index contributed by atoms with van der Waals surface area (Å²) < 4.78 is 0. The molecule has 1 heterocycles. The number of halogens is 1. The standard InChI is InChI=1S/C19H16BCl/c21-20-18(14-8-3-1-4-9-14)16-12-7-13-17(16)19(20)15-10-5-2-6-11-15/h1-6,8-11H,7,12-13H2. The minimum atomic E-state index is -0.0138. The Labute approximate surface area is 131 Å².